The standard InChI is InChI=1S/C8H12N4O4S/c1-17(15,16)5-4-10-8-6(12(13)14)2-3-7(9)11-8/h2-3H,4-5H2,1H3,(H3,9,10,11). The highest BCUT2D eigenvalue weighted by Crippen LogP contribution is 2.22. The van der Waals surface area contributed by atoms with Gasteiger partial charge in [-0.2, -0.15) is 0 Å². The highest BCUT2D eigenvalue weighted by Gasteiger charge is 2.15. The molecule has 0 spiro atoms. The molecule has 17 heavy (non-hydrogen) atoms. The van der Waals surface area contributed by atoms with Gasteiger partial charge in [0.2, 0.25) is 5.82 Å². The lowest BCUT2D eigenvalue weighted by Gasteiger charge is -2.05. The summed E-state index contributed by atoms with van der Waals surface area (Å²) in [5, 5.41) is 13.2. The zero-order valence-corrected chi connectivity index (χ0v) is 9.90. The van der Waals surface area contributed by atoms with Gasteiger partial charge in [0.05, 0.1) is 10.7 Å². The van der Waals surface area contributed by atoms with Crippen LogP contribution in [0.3, 0.4) is 0 Å². The van der Waals surface area contributed by atoms with Crippen LogP contribution in [0.5, 0.6) is 0 Å². The molecule has 94 valence electrons. The highest BCUT2D eigenvalue weighted by atomic mass is 32.2. The average Bonchev–Trinajstić information content (AvgIpc) is 2.15. The van der Waals surface area contributed by atoms with E-state index in [-0.39, 0.29) is 29.6 Å². The quantitative estimate of drug-likeness (QED) is 0.564. The monoisotopic (exact) mass is 260 g/mol. The molecule has 0 aromatic carbocycles. The van der Waals surface area contributed by atoms with Crippen molar-refractivity contribution < 1.29 is 13.3 Å². The smallest absolute Gasteiger partial charge is 0.311 e. The molecule has 0 saturated heterocycles. The number of pyridine rings is 1. The molecule has 0 radical (unpaired) electrons. The number of nitrogen functional groups attached to an aromatic ring is 1. The summed E-state index contributed by atoms with van der Waals surface area (Å²) < 4.78 is 21.8. The number of nitrogens with zero attached hydrogens (tertiary/aromatic N) is 2. The Hall–Kier alpha value is -1.90. The van der Waals surface area contributed by atoms with Gasteiger partial charge in [-0.15, -0.1) is 0 Å². The number of sulfone groups is 1. The SMILES string of the molecule is CS(=O)(=O)CCNc1nc(N)ccc1[N+](=O)[O-]. The van der Waals surface area contributed by atoms with Crippen molar-refractivity contribution in [3.8, 4) is 0 Å². The Morgan fingerprint density at radius 2 is 2.18 bits per heavy atom. The van der Waals surface area contributed by atoms with E-state index in [0.29, 0.717) is 0 Å². The number of nitrogens with two attached hydrogens (primary N) is 1. The molecule has 0 atom stereocenters. The molecule has 0 unspecified atom stereocenters. The summed E-state index contributed by atoms with van der Waals surface area (Å²) >= 11 is 0. The molecule has 8 nitrogen and oxygen atoms in total. The van der Waals surface area contributed by atoms with Crippen LogP contribution in [-0.4, -0.2) is 36.9 Å². The minimum Gasteiger partial charge on any atom is -0.384 e. The van der Waals surface area contributed by atoms with Gasteiger partial charge in [0.25, 0.3) is 0 Å². The average molecular weight is 260 g/mol. The van der Waals surface area contributed by atoms with Crippen LogP contribution in [-0.2, 0) is 9.84 Å². The van der Waals surface area contributed by atoms with Gasteiger partial charge in [-0.05, 0) is 6.07 Å². The maximum atomic E-state index is 10.9. The molecule has 0 fully saturated rings. The van der Waals surface area contributed by atoms with E-state index in [4.69, 9.17) is 5.73 Å². The van der Waals surface area contributed by atoms with E-state index < -0.39 is 14.8 Å². The fourth-order valence-corrected chi connectivity index (χ4v) is 1.57. The Morgan fingerprint density at radius 3 is 2.71 bits per heavy atom. The highest BCUT2D eigenvalue weighted by molar-refractivity contribution is 7.90. The third-order valence-corrected chi connectivity index (χ3v) is 2.80. The van der Waals surface area contributed by atoms with Crippen LogP contribution in [0.1, 0.15) is 0 Å². The minimum atomic E-state index is -3.13. The molecule has 3 N–H and O–H groups in total. The second-order valence-corrected chi connectivity index (χ2v) is 5.68. The minimum absolute atomic E-state index is 0.0290. The first-order chi connectivity index (χ1) is 7.79. The number of nitrogens with one attached hydrogen (secondary N) is 1. The van der Waals surface area contributed by atoms with Crippen molar-refractivity contribution in [1.29, 1.82) is 0 Å². The second kappa shape index (κ2) is 4.95. The molecule has 0 aliphatic rings. The molecule has 0 bridgehead atoms. The van der Waals surface area contributed by atoms with E-state index in [0.717, 1.165) is 6.26 Å². The van der Waals surface area contributed by atoms with Crippen molar-refractivity contribution in [2.24, 2.45) is 0 Å². The van der Waals surface area contributed by atoms with Crippen LogP contribution < -0.4 is 11.1 Å². The largest absolute Gasteiger partial charge is 0.384 e. The van der Waals surface area contributed by atoms with Gasteiger partial charge in [-0.25, -0.2) is 13.4 Å². The van der Waals surface area contributed by atoms with E-state index in [1.54, 1.807) is 0 Å². The van der Waals surface area contributed by atoms with Crippen molar-refractivity contribution in [3.05, 3.63) is 22.2 Å². The fourth-order valence-electron chi connectivity index (χ4n) is 1.10. The van der Waals surface area contributed by atoms with E-state index in [2.05, 4.69) is 10.3 Å². The number of hydrogen-bond acceptors (Lipinski definition) is 7. The predicted molar refractivity (Wildman–Crippen MR) is 63.5 cm³/mol. The topological polar surface area (TPSA) is 128 Å². The van der Waals surface area contributed by atoms with Crippen LogP contribution in [0.15, 0.2) is 12.1 Å². The Balaban J connectivity index is 2.82. The number of aromatic nitrogens is 1. The van der Waals surface area contributed by atoms with Crippen molar-refractivity contribution in [3.63, 3.8) is 0 Å². The number of nitro groups is 1. The summed E-state index contributed by atoms with van der Waals surface area (Å²) in [6, 6.07) is 2.52. The van der Waals surface area contributed by atoms with E-state index in [1.807, 2.05) is 0 Å². The molecule has 1 rings (SSSR count). The van der Waals surface area contributed by atoms with Crippen molar-refractivity contribution in [1.82, 2.24) is 4.98 Å². The van der Waals surface area contributed by atoms with Gasteiger partial charge >= 0.3 is 5.69 Å². The lowest BCUT2D eigenvalue weighted by molar-refractivity contribution is -0.384. The maximum absolute atomic E-state index is 10.9. The molecule has 0 saturated carbocycles. The summed E-state index contributed by atoms with van der Waals surface area (Å²) in [5.74, 6) is -0.0446. The molecule has 0 amide bonds. The summed E-state index contributed by atoms with van der Waals surface area (Å²) in [6.07, 6.45) is 1.08. The number of rotatable bonds is 5. The summed E-state index contributed by atoms with van der Waals surface area (Å²) in [5.41, 5.74) is 5.15. The lowest BCUT2D eigenvalue weighted by atomic mass is 10.3. The van der Waals surface area contributed by atoms with E-state index in [9.17, 15) is 18.5 Å². The van der Waals surface area contributed by atoms with Gasteiger partial charge in [-0.3, -0.25) is 10.1 Å². The van der Waals surface area contributed by atoms with Crippen LogP contribution in [0.2, 0.25) is 0 Å². The van der Waals surface area contributed by atoms with Crippen molar-refractivity contribution in [2.45, 2.75) is 0 Å². The molecule has 0 aliphatic heterocycles. The van der Waals surface area contributed by atoms with E-state index in [1.165, 1.54) is 12.1 Å². The molecule has 1 aromatic heterocycles. The van der Waals surface area contributed by atoms with Gasteiger partial charge in [-0.1, -0.05) is 0 Å². The maximum Gasteiger partial charge on any atom is 0.311 e. The zero-order chi connectivity index (χ0) is 13.1. The summed E-state index contributed by atoms with van der Waals surface area (Å²) in [4.78, 5) is 13.8. The van der Waals surface area contributed by atoms with Gasteiger partial charge < -0.3 is 11.1 Å². The van der Waals surface area contributed by atoms with Crippen LogP contribution >= 0.6 is 0 Å². The first kappa shape index (κ1) is 13.2. The van der Waals surface area contributed by atoms with Gasteiger partial charge in [0.15, 0.2) is 0 Å². The molecular formula is C8H12N4O4S. The number of anilines is 2. The summed E-state index contributed by atoms with van der Waals surface area (Å²) in [7, 11) is -3.13. The van der Waals surface area contributed by atoms with E-state index >= 15 is 0 Å². The Bertz CT molecular complexity index is 528. The van der Waals surface area contributed by atoms with Crippen molar-refractivity contribution in [2.75, 3.05) is 29.6 Å². The molecule has 9 heteroatoms. The second-order valence-electron chi connectivity index (χ2n) is 3.42. The van der Waals surface area contributed by atoms with Gasteiger partial charge in [0.1, 0.15) is 15.7 Å². The lowest BCUT2D eigenvalue weighted by Crippen LogP contribution is -2.15. The Labute approximate surface area is 97.9 Å². The van der Waals surface area contributed by atoms with Gasteiger partial charge in [0, 0.05) is 18.9 Å². The van der Waals surface area contributed by atoms with Crippen molar-refractivity contribution >= 4 is 27.2 Å². The number of hydrogen-bond donors (Lipinski definition) is 2. The zero-order valence-electron chi connectivity index (χ0n) is 9.08. The third kappa shape index (κ3) is 4.23. The first-order valence-electron chi connectivity index (χ1n) is 4.62. The third-order valence-electron chi connectivity index (χ3n) is 1.86. The fraction of sp³-hybridized carbons (Fsp3) is 0.375. The molecule has 1 aromatic rings. The van der Waals surface area contributed by atoms with Crippen LogP contribution in [0, 0.1) is 10.1 Å². The predicted octanol–water partition coefficient (Wildman–Crippen LogP) is 0.0285. The summed E-state index contributed by atoms with van der Waals surface area (Å²) in [6.45, 7) is 0.0378. The normalized spacial score (nSPS) is 11.1. The van der Waals surface area contributed by atoms with Crippen LogP contribution in [0.4, 0.5) is 17.3 Å². The Morgan fingerprint density at radius 1 is 1.53 bits per heavy atom. The molecular weight excluding hydrogens is 248 g/mol. The molecule has 0 aliphatic carbocycles. The molecule has 1 heterocycles. The first-order valence-corrected chi connectivity index (χ1v) is 6.68. The van der Waals surface area contributed by atoms with Crippen LogP contribution in [0.25, 0.3) is 0 Å². The Kier molecular flexibility index (Phi) is 3.84.